The molecule has 0 radical (unpaired) electrons. The Morgan fingerprint density at radius 1 is 0.905 bits per heavy atom. The highest BCUT2D eigenvalue weighted by Gasteiger charge is 2.58. The Bertz CT molecular complexity index is 515. The van der Waals surface area contributed by atoms with E-state index in [1.807, 2.05) is 0 Å². The van der Waals surface area contributed by atoms with Gasteiger partial charge in [-0.1, -0.05) is 74.7 Å². The lowest BCUT2D eigenvalue weighted by Crippen LogP contribution is -2.13. The Morgan fingerprint density at radius 2 is 1.52 bits per heavy atom. The number of rotatable bonds is 6. The van der Waals surface area contributed by atoms with Gasteiger partial charge in [-0.15, -0.1) is 0 Å². The molecule has 1 aliphatic rings. The van der Waals surface area contributed by atoms with Crippen LogP contribution in [0.1, 0.15) is 51.1 Å². The van der Waals surface area contributed by atoms with Gasteiger partial charge >= 0.3 is 0 Å². The van der Waals surface area contributed by atoms with Crippen molar-refractivity contribution in [1.29, 1.82) is 0 Å². The molecule has 0 spiro atoms. The molecule has 0 saturated carbocycles. The average Bonchev–Trinajstić information content (AvgIpc) is 3.15. The molecule has 110 valence electrons. The SMILES string of the molecule is CCCCC[C@]1(C)[C@@H](c2ccccc2)N1c1ccccc1. The number of nitrogens with zero attached hydrogens (tertiary/aromatic N) is 1. The fourth-order valence-electron chi connectivity index (χ4n) is 3.60. The molecule has 1 heteroatoms. The van der Waals surface area contributed by atoms with Crippen molar-refractivity contribution in [3.63, 3.8) is 0 Å². The van der Waals surface area contributed by atoms with Crippen LogP contribution in [-0.4, -0.2) is 5.54 Å². The molecule has 0 bridgehead atoms. The molecule has 1 saturated heterocycles. The molecule has 3 rings (SSSR count). The summed E-state index contributed by atoms with van der Waals surface area (Å²) in [6, 6.07) is 22.3. The summed E-state index contributed by atoms with van der Waals surface area (Å²) < 4.78 is 0. The highest BCUT2D eigenvalue weighted by molar-refractivity contribution is 5.62. The van der Waals surface area contributed by atoms with Crippen molar-refractivity contribution in [2.45, 2.75) is 51.1 Å². The number of hydrogen-bond donors (Lipinski definition) is 0. The third-order valence-electron chi connectivity index (χ3n) is 4.77. The molecule has 1 heterocycles. The lowest BCUT2D eigenvalue weighted by molar-refractivity contribution is 0.557. The summed E-state index contributed by atoms with van der Waals surface area (Å²) in [5, 5.41) is 0. The fourth-order valence-corrected chi connectivity index (χ4v) is 3.60. The highest BCUT2D eigenvalue weighted by atomic mass is 15.4. The van der Waals surface area contributed by atoms with Crippen molar-refractivity contribution in [2.24, 2.45) is 0 Å². The van der Waals surface area contributed by atoms with E-state index in [-0.39, 0.29) is 5.54 Å². The van der Waals surface area contributed by atoms with Crippen LogP contribution in [0.25, 0.3) is 0 Å². The van der Waals surface area contributed by atoms with Gasteiger partial charge in [0, 0.05) is 5.69 Å². The van der Waals surface area contributed by atoms with Gasteiger partial charge in [-0.2, -0.15) is 0 Å². The number of unbranched alkanes of at least 4 members (excludes halogenated alkanes) is 2. The minimum atomic E-state index is 0.276. The van der Waals surface area contributed by atoms with Crippen LogP contribution in [0.3, 0.4) is 0 Å². The number of anilines is 1. The fraction of sp³-hybridized carbons (Fsp3) is 0.400. The molecule has 0 aliphatic carbocycles. The molecule has 1 fully saturated rings. The maximum Gasteiger partial charge on any atom is 0.0778 e. The van der Waals surface area contributed by atoms with Gasteiger partial charge in [0.05, 0.1) is 11.6 Å². The van der Waals surface area contributed by atoms with Gasteiger partial charge in [-0.25, -0.2) is 0 Å². The van der Waals surface area contributed by atoms with Crippen LogP contribution in [-0.2, 0) is 0 Å². The van der Waals surface area contributed by atoms with Crippen molar-refractivity contribution in [3.8, 4) is 0 Å². The molecular formula is C20H25N. The normalized spacial score (nSPS) is 24.1. The second kappa shape index (κ2) is 5.93. The first-order chi connectivity index (χ1) is 10.3. The average molecular weight is 279 g/mol. The second-order valence-corrected chi connectivity index (χ2v) is 6.33. The van der Waals surface area contributed by atoms with Gasteiger partial charge < -0.3 is 4.90 Å². The standard InChI is InChI=1S/C20H25N/c1-3-4-11-16-20(2)19(17-12-7-5-8-13-17)21(20)18-14-9-6-10-15-18/h5-10,12-15,19H,3-4,11,16H2,1-2H3/t19-,20-,21?/m1/s1. The minimum Gasteiger partial charge on any atom is -0.354 e. The van der Waals surface area contributed by atoms with Gasteiger partial charge in [0.1, 0.15) is 0 Å². The smallest absolute Gasteiger partial charge is 0.0778 e. The summed E-state index contributed by atoms with van der Waals surface area (Å²) in [5.41, 5.74) is 3.07. The largest absolute Gasteiger partial charge is 0.354 e. The van der Waals surface area contributed by atoms with E-state index in [1.165, 1.54) is 36.9 Å². The van der Waals surface area contributed by atoms with Crippen LogP contribution < -0.4 is 4.90 Å². The maximum absolute atomic E-state index is 2.60. The lowest BCUT2D eigenvalue weighted by atomic mass is 9.95. The van der Waals surface area contributed by atoms with Gasteiger partial charge in [0.25, 0.3) is 0 Å². The number of para-hydroxylation sites is 1. The zero-order valence-electron chi connectivity index (χ0n) is 13.1. The quantitative estimate of drug-likeness (QED) is 0.492. The predicted molar refractivity (Wildman–Crippen MR) is 90.7 cm³/mol. The molecule has 0 amide bonds. The van der Waals surface area contributed by atoms with Crippen molar-refractivity contribution in [2.75, 3.05) is 4.90 Å². The van der Waals surface area contributed by atoms with E-state index < -0.39 is 0 Å². The Morgan fingerprint density at radius 3 is 2.14 bits per heavy atom. The predicted octanol–water partition coefficient (Wildman–Crippen LogP) is 5.59. The summed E-state index contributed by atoms with van der Waals surface area (Å²) in [6.07, 6.45) is 5.21. The Labute approximate surface area is 128 Å². The molecule has 0 aromatic heterocycles. The first-order valence-electron chi connectivity index (χ1n) is 8.16. The van der Waals surface area contributed by atoms with E-state index >= 15 is 0 Å². The summed E-state index contributed by atoms with van der Waals surface area (Å²) in [6.45, 7) is 4.70. The summed E-state index contributed by atoms with van der Waals surface area (Å²) in [5.74, 6) is 0. The number of hydrogen-bond acceptors (Lipinski definition) is 1. The summed E-state index contributed by atoms with van der Waals surface area (Å²) in [7, 11) is 0. The van der Waals surface area contributed by atoms with Gasteiger partial charge in [-0.05, 0) is 31.0 Å². The van der Waals surface area contributed by atoms with Crippen LogP contribution >= 0.6 is 0 Å². The molecule has 1 aliphatic heterocycles. The Kier molecular flexibility index (Phi) is 4.01. The Hall–Kier alpha value is -1.76. The Balaban J connectivity index is 1.86. The van der Waals surface area contributed by atoms with Crippen molar-refractivity contribution < 1.29 is 0 Å². The molecule has 21 heavy (non-hydrogen) atoms. The third kappa shape index (κ3) is 2.70. The zero-order valence-corrected chi connectivity index (χ0v) is 13.1. The topological polar surface area (TPSA) is 3.01 Å². The first-order valence-corrected chi connectivity index (χ1v) is 8.16. The lowest BCUT2D eigenvalue weighted by Gasteiger charge is -2.12. The van der Waals surface area contributed by atoms with Crippen LogP contribution in [0.15, 0.2) is 60.7 Å². The summed E-state index contributed by atoms with van der Waals surface area (Å²) in [4.78, 5) is 2.60. The second-order valence-electron chi connectivity index (χ2n) is 6.33. The van der Waals surface area contributed by atoms with Crippen LogP contribution in [0.5, 0.6) is 0 Å². The molecule has 0 unspecified atom stereocenters. The maximum atomic E-state index is 2.60. The third-order valence-corrected chi connectivity index (χ3v) is 4.77. The molecule has 1 nitrogen and oxygen atoms in total. The first kappa shape index (κ1) is 14.2. The zero-order chi connectivity index (χ0) is 14.7. The van der Waals surface area contributed by atoms with E-state index in [9.17, 15) is 0 Å². The van der Waals surface area contributed by atoms with E-state index in [1.54, 1.807) is 0 Å². The van der Waals surface area contributed by atoms with Gasteiger partial charge in [-0.3, -0.25) is 0 Å². The minimum absolute atomic E-state index is 0.276. The molecular weight excluding hydrogens is 254 g/mol. The molecule has 2 atom stereocenters. The van der Waals surface area contributed by atoms with Gasteiger partial charge in [0.2, 0.25) is 0 Å². The monoisotopic (exact) mass is 279 g/mol. The van der Waals surface area contributed by atoms with E-state index in [0.717, 1.165) is 0 Å². The summed E-state index contributed by atoms with van der Waals surface area (Å²) >= 11 is 0. The van der Waals surface area contributed by atoms with Crippen molar-refractivity contribution in [3.05, 3.63) is 66.2 Å². The molecule has 2 aromatic carbocycles. The number of benzene rings is 2. The van der Waals surface area contributed by atoms with E-state index in [2.05, 4.69) is 79.4 Å². The van der Waals surface area contributed by atoms with E-state index in [0.29, 0.717) is 6.04 Å². The molecule has 2 aromatic rings. The molecule has 0 N–H and O–H groups in total. The van der Waals surface area contributed by atoms with Crippen molar-refractivity contribution in [1.82, 2.24) is 0 Å². The van der Waals surface area contributed by atoms with Crippen LogP contribution in [0.4, 0.5) is 5.69 Å². The van der Waals surface area contributed by atoms with Gasteiger partial charge in [0.15, 0.2) is 0 Å². The van der Waals surface area contributed by atoms with E-state index in [4.69, 9.17) is 0 Å². The van der Waals surface area contributed by atoms with Crippen LogP contribution in [0.2, 0.25) is 0 Å². The van der Waals surface area contributed by atoms with Crippen LogP contribution in [0, 0.1) is 0 Å². The van der Waals surface area contributed by atoms with Crippen molar-refractivity contribution >= 4 is 5.69 Å². The highest BCUT2D eigenvalue weighted by Crippen LogP contribution is 2.58.